The number of non-ortho nitro benzene ring substituents is 1. The van der Waals surface area contributed by atoms with E-state index >= 15 is 0 Å². The van der Waals surface area contributed by atoms with Crippen molar-refractivity contribution in [2.75, 3.05) is 0 Å². The third-order valence-corrected chi connectivity index (χ3v) is 5.05. The van der Waals surface area contributed by atoms with Gasteiger partial charge in [-0.05, 0) is 24.6 Å². The molecule has 126 valence electrons. The summed E-state index contributed by atoms with van der Waals surface area (Å²) in [6.45, 7) is 1.50. The normalized spacial score (nSPS) is 23.2. The minimum atomic E-state index is -0.768. The lowest BCUT2D eigenvalue weighted by Gasteiger charge is -2.43. The summed E-state index contributed by atoms with van der Waals surface area (Å²) in [4.78, 5) is 35.6. The Labute approximate surface area is 141 Å². The summed E-state index contributed by atoms with van der Waals surface area (Å²) in [5.41, 5.74) is 0.723. The number of aliphatic hydroxyl groups excluding tert-OH is 1. The summed E-state index contributed by atoms with van der Waals surface area (Å²) in [5.74, 6) is -1.44. The van der Waals surface area contributed by atoms with Gasteiger partial charge in [-0.15, -0.1) is 11.8 Å². The Kier molecular flexibility index (Phi) is 4.29. The number of rotatable bonds is 5. The average Bonchev–Trinajstić information content (AvgIpc) is 2.91. The topological polar surface area (TPSA) is 110 Å². The van der Waals surface area contributed by atoms with Gasteiger partial charge in [0.25, 0.3) is 5.69 Å². The minimum Gasteiger partial charge on any atom is -0.456 e. The molecule has 1 N–H and O–H groups in total. The van der Waals surface area contributed by atoms with E-state index in [9.17, 15) is 24.8 Å². The minimum absolute atomic E-state index is 0.0434. The van der Waals surface area contributed by atoms with Gasteiger partial charge in [-0.2, -0.15) is 0 Å². The fraction of sp³-hybridized carbons (Fsp3) is 0.333. The first-order valence-corrected chi connectivity index (χ1v) is 8.11. The predicted molar refractivity (Wildman–Crippen MR) is 84.4 cm³/mol. The second-order valence-electron chi connectivity index (χ2n) is 5.50. The van der Waals surface area contributed by atoms with Crippen LogP contribution in [0.15, 0.2) is 35.4 Å². The number of nitro groups is 1. The smallest absolute Gasteiger partial charge is 0.355 e. The van der Waals surface area contributed by atoms with Gasteiger partial charge in [-0.1, -0.05) is 0 Å². The second kappa shape index (κ2) is 6.25. The van der Waals surface area contributed by atoms with Gasteiger partial charge in [-0.25, -0.2) is 4.79 Å². The molecule has 1 aromatic carbocycles. The summed E-state index contributed by atoms with van der Waals surface area (Å²) >= 11 is 1.30. The highest BCUT2D eigenvalue weighted by molar-refractivity contribution is 8.03. The molecule has 0 aliphatic carbocycles. The van der Waals surface area contributed by atoms with E-state index in [0.717, 1.165) is 0 Å². The molecule has 0 bridgehead atoms. The molecule has 1 amide bonds. The third kappa shape index (κ3) is 2.76. The lowest BCUT2D eigenvalue weighted by molar-refractivity contribution is -0.384. The van der Waals surface area contributed by atoms with Gasteiger partial charge in [-0.3, -0.25) is 19.8 Å². The molecule has 0 spiro atoms. The first-order chi connectivity index (χ1) is 11.4. The van der Waals surface area contributed by atoms with Crippen LogP contribution >= 0.6 is 11.8 Å². The van der Waals surface area contributed by atoms with Crippen LogP contribution in [-0.2, 0) is 20.9 Å². The standard InChI is InChI=1S/C15H14N2O6S/c1-8(18)12-13(19)16-11(7-24-14(12)16)15(20)23-6-9-2-4-10(5-3-9)17(21)22/h2-5,7-8,12,14,18H,6H2,1H3/t8-,12+,14+/m1/s1. The van der Waals surface area contributed by atoms with Crippen LogP contribution in [0, 0.1) is 16.0 Å². The molecule has 3 rings (SSSR count). The molecule has 0 aromatic heterocycles. The molecule has 2 aliphatic heterocycles. The Morgan fingerprint density at radius 1 is 1.46 bits per heavy atom. The highest BCUT2D eigenvalue weighted by Gasteiger charge is 2.55. The molecule has 0 radical (unpaired) electrons. The highest BCUT2D eigenvalue weighted by atomic mass is 32.2. The number of ether oxygens (including phenoxy) is 1. The largest absolute Gasteiger partial charge is 0.456 e. The number of amides is 1. The number of aliphatic hydroxyl groups is 1. The van der Waals surface area contributed by atoms with Crippen molar-refractivity contribution in [1.29, 1.82) is 0 Å². The van der Waals surface area contributed by atoms with E-state index in [0.29, 0.717) is 5.56 Å². The lowest BCUT2D eigenvalue weighted by Crippen LogP contribution is -2.60. The Balaban J connectivity index is 1.59. The first-order valence-electron chi connectivity index (χ1n) is 7.17. The van der Waals surface area contributed by atoms with Crippen molar-refractivity contribution in [2.45, 2.75) is 25.0 Å². The fourth-order valence-electron chi connectivity index (χ4n) is 2.61. The number of nitrogens with zero attached hydrogens (tertiary/aromatic N) is 2. The van der Waals surface area contributed by atoms with Crippen LogP contribution in [0.3, 0.4) is 0 Å². The van der Waals surface area contributed by atoms with E-state index in [1.807, 2.05) is 0 Å². The van der Waals surface area contributed by atoms with Gasteiger partial charge < -0.3 is 9.84 Å². The number of hydrogen-bond acceptors (Lipinski definition) is 7. The van der Waals surface area contributed by atoms with Crippen molar-refractivity contribution in [2.24, 2.45) is 5.92 Å². The molecule has 8 nitrogen and oxygen atoms in total. The lowest BCUT2D eigenvalue weighted by atomic mass is 9.92. The molecule has 9 heteroatoms. The molecular formula is C15H14N2O6S. The molecule has 0 unspecified atom stereocenters. The van der Waals surface area contributed by atoms with E-state index in [1.165, 1.54) is 40.9 Å². The SMILES string of the molecule is C[C@@H](O)[C@H]1C(=O)N2C(C(=O)OCc3ccc([N+](=O)[O-])cc3)=CS[C@@H]12. The summed E-state index contributed by atoms with van der Waals surface area (Å²) in [6.07, 6.45) is -0.768. The van der Waals surface area contributed by atoms with Crippen molar-refractivity contribution in [3.63, 3.8) is 0 Å². The molecular weight excluding hydrogens is 336 g/mol. The van der Waals surface area contributed by atoms with Gasteiger partial charge in [0, 0.05) is 17.5 Å². The maximum absolute atomic E-state index is 12.1. The number of thioether (sulfide) groups is 1. The number of nitro benzene ring substituents is 1. The zero-order chi connectivity index (χ0) is 17.4. The maximum Gasteiger partial charge on any atom is 0.355 e. The second-order valence-corrected chi connectivity index (χ2v) is 6.49. The van der Waals surface area contributed by atoms with Crippen LogP contribution in [0.4, 0.5) is 5.69 Å². The van der Waals surface area contributed by atoms with Gasteiger partial charge in [0.1, 0.15) is 17.7 Å². The van der Waals surface area contributed by atoms with Crippen LogP contribution in [-0.4, -0.2) is 38.3 Å². The molecule has 1 saturated heterocycles. The molecule has 1 fully saturated rings. The highest BCUT2D eigenvalue weighted by Crippen LogP contribution is 2.46. The van der Waals surface area contributed by atoms with E-state index in [-0.39, 0.29) is 29.3 Å². The van der Waals surface area contributed by atoms with Gasteiger partial charge in [0.15, 0.2) is 0 Å². The number of β-lactam (4-membered cyclic amide) rings is 1. The number of carbonyl (C=O) groups excluding carboxylic acids is 2. The summed E-state index contributed by atoms with van der Waals surface area (Å²) in [6, 6.07) is 5.67. The molecule has 0 saturated carbocycles. The number of carbonyl (C=O) groups is 2. The van der Waals surface area contributed by atoms with E-state index in [2.05, 4.69) is 0 Å². The third-order valence-electron chi connectivity index (χ3n) is 3.91. The van der Waals surface area contributed by atoms with Crippen molar-refractivity contribution in [3.05, 3.63) is 51.0 Å². The maximum atomic E-state index is 12.1. The number of benzene rings is 1. The zero-order valence-corrected chi connectivity index (χ0v) is 13.4. The molecule has 24 heavy (non-hydrogen) atoms. The monoisotopic (exact) mass is 350 g/mol. The van der Waals surface area contributed by atoms with Crippen molar-refractivity contribution in [3.8, 4) is 0 Å². The van der Waals surface area contributed by atoms with Gasteiger partial charge in [0.2, 0.25) is 5.91 Å². The van der Waals surface area contributed by atoms with E-state index in [1.54, 1.807) is 12.3 Å². The average molecular weight is 350 g/mol. The Morgan fingerprint density at radius 2 is 2.12 bits per heavy atom. The summed E-state index contributed by atoms with van der Waals surface area (Å²) < 4.78 is 5.16. The summed E-state index contributed by atoms with van der Waals surface area (Å²) in [5, 5.41) is 21.5. The van der Waals surface area contributed by atoms with Crippen molar-refractivity contribution < 1.29 is 24.4 Å². The Bertz CT molecular complexity index is 730. The van der Waals surface area contributed by atoms with Crippen LogP contribution in [0.5, 0.6) is 0 Å². The molecule has 2 aliphatic rings. The molecule has 3 atom stereocenters. The van der Waals surface area contributed by atoms with Crippen LogP contribution < -0.4 is 0 Å². The van der Waals surface area contributed by atoms with Gasteiger partial charge in [0.05, 0.1) is 16.9 Å². The van der Waals surface area contributed by atoms with E-state index in [4.69, 9.17) is 4.74 Å². The number of hydrogen-bond donors (Lipinski definition) is 1. The van der Waals surface area contributed by atoms with Crippen LogP contribution in [0.2, 0.25) is 0 Å². The predicted octanol–water partition coefficient (Wildman–Crippen LogP) is 1.39. The molecule has 1 aromatic rings. The Morgan fingerprint density at radius 3 is 2.71 bits per heavy atom. The van der Waals surface area contributed by atoms with Gasteiger partial charge >= 0.3 is 5.97 Å². The summed E-state index contributed by atoms with van der Waals surface area (Å²) in [7, 11) is 0. The zero-order valence-electron chi connectivity index (χ0n) is 12.6. The van der Waals surface area contributed by atoms with Crippen molar-refractivity contribution >= 4 is 29.3 Å². The van der Waals surface area contributed by atoms with Crippen LogP contribution in [0.1, 0.15) is 12.5 Å². The Hall–Kier alpha value is -2.39. The van der Waals surface area contributed by atoms with Crippen LogP contribution in [0.25, 0.3) is 0 Å². The quantitative estimate of drug-likeness (QED) is 0.370. The fourth-order valence-corrected chi connectivity index (χ4v) is 3.94. The first kappa shape index (κ1) is 16.5. The molecule has 2 heterocycles. The van der Waals surface area contributed by atoms with E-state index < -0.39 is 22.9 Å². The number of fused-ring (bicyclic) bond motifs is 1. The van der Waals surface area contributed by atoms with Crippen molar-refractivity contribution in [1.82, 2.24) is 4.90 Å². The number of esters is 1.